The molecule has 13 nitrogen and oxygen atoms in total. The number of aliphatic hydroxyl groups excluding tert-OH is 1. The summed E-state index contributed by atoms with van der Waals surface area (Å²) in [4.78, 5) is 42.8. The Kier molecular flexibility index (Phi) is 11.8. The van der Waals surface area contributed by atoms with Gasteiger partial charge in [-0.3, -0.25) is 19.1 Å². The fourth-order valence-corrected chi connectivity index (χ4v) is 7.33. The standard InChI is InChI=1S/C43H44N2O11/c1-50-31-18-12-27(13-19-31)36(47)39(38-37(48)40(54-35-11-7-8-26-53-35)41(55-38)45-25-24-34(46)44-42(45)49)56-43(28-9-5-4-6-10-28,29-14-20-32(51-2)21-15-29)30-16-22-33(52-3)23-17-30/h4-6,9-10,12-25,35,37-41,48H,7-8,11,26H2,1-3H3,(H,44,46,49)/t35?,37-,38+,39?,40-,41-/m1/s1. The van der Waals surface area contributed by atoms with Gasteiger partial charge in [-0.05, 0) is 84.5 Å². The molecule has 292 valence electrons. The van der Waals surface area contributed by atoms with Gasteiger partial charge in [0.05, 0.1) is 21.3 Å². The number of aromatic nitrogens is 2. The van der Waals surface area contributed by atoms with E-state index in [0.717, 1.165) is 17.4 Å². The fourth-order valence-electron chi connectivity index (χ4n) is 7.33. The van der Waals surface area contributed by atoms with Gasteiger partial charge < -0.3 is 38.3 Å². The monoisotopic (exact) mass is 764 g/mol. The van der Waals surface area contributed by atoms with Crippen LogP contribution in [0, 0.1) is 0 Å². The molecule has 2 aliphatic rings. The maximum atomic E-state index is 15.1. The number of carbonyl (C=O) groups is 1. The topological polar surface area (TPSA) is 157 Å². The first kappa shape index (κ1) is 38.7. The van der Waals surface area contributed by atoms with Crippen LogP contribution < -0.4 is 25.5 Å². The van der Waals surface area contributed by atoms with Crippen LogP contribution in [-0.2, 0) is 24.5 Å². The Balaban J connectivity index is 1.43. The van der Waals surface area contributed by atoms with Crippen molar-refractivity contribution < 1.29 is 43.1 Å². The minimum atomic E-state index is -1.55. The van der Waals surface area contributed by atoms with E-state index < -0.39 is 59.6 Å². The summed E-state index contributed by atoms with van der Waals surface area (Å²) in [6.45, 7) is 0.450. The SMILES string of the molecule is COc1ccc(C(=O)C(OC(c2ccccc2)(c2ccc(OC)cc2)c2ccc(OC)cc2)[C@H]2O[C@@H](n3ccc(=O)[nH]c3=O)[C@H](OC3CCCCO3)[C@@H]2O)cc1. The van der Waals surface area contributed by atoms with Crippen LogP contribution in [0.3, 0.4) is 0 Å². The lowest BCUT2D eigenvalue weighted by molar-refractivity contribution is -0.215. The number of carbonyl (C=O) groups excluding carboxylic acids is 1. The number of aliphatic hydroxyl groups is 1. The number of hydrogen-bond donors (Lipinski definition) is 2. The molecule has 2 aliphatic heterocycles. The van der Waals surface area contributed by atoms with Crippen LogP contribution in [0.2, 0.25) is 0 Å². The van der Waals surface area contributed by atoms with Crippen LogP contribution in [0.5, 0.6) is 17.2 Å². The number of ether oxygens (including phenoxy) is 7. The third kappa shape index (κ3) is 7.77. The predicted molar refractivity (Wildman–Crippen MR) is 204 cm³/mol. The van der Waals surface area contributed by atoms with E-state index in [4.69, 9.17) is 33.2 Å². The summed E-state index contributed by atoms with van der Waals surface area (Å²) in [5.74, 6) is 1.21. The summed E-state index contributed by atoms with van der Waals surface area (Å²) < 4.78 is 43.8. The highest BCUT2D eigenvalue weighted by atomic mass is 16.7. The number of rotatable bonds is 14. The van der Waals surface area contributed by atoms with Gasteiger partial charge in [0.2, 0.25) is 0 Å². The number of Topliss-reactive ketones (excluding diaryl/α,β-unsaturated/α-hetero) is 1. The van der Waals surface area contributed by atoms with Crippen LogP contribution in [0.4, 0.5) is 0 Å². The molecule has 4 aromatic carbocycles. The van der Waals surface area contributed by atoms with Crippen molar-refractivity contribution in [3.05, 3.63) is 158 Å². The molecule has 0 saturated carbocycles. The molecule has 2 unspecified atom stereocenters. The van der Waals surface area contributed by atoms with E-state index in [9.17, 15) is 14.7 Å². The molecule has 56 heavy (non-hydrogen) atoms. The molecule has 2 saturated heterocycles. The molecule has 5 aromatic rings. The number of hydrogen-bond acceptors (Lipinski definition) is 11. The van der Waals surface area contributed by atoms with Crippen molar-refractivity contribution in [1.82, 2.24) is 9.55 Å². The zero-order chi connectivity index (χ0) is 39.2. The lowest BCUT2D eigenvalue weighted by Crippen LogP contribution is -2.50. The summed E-state index contributed by atoms with van der Waals surface area (Å²) in [6.07, 6.45) is -4.29. The van der Waals surface area contributed by atoms with E-state index in [2.05, 4.69) is 4.98 Å². The molecule has 0 radical (unpaired) electrons. The summed E-state index contributed by atoms with van der Waals surface area (Å²) in [5.41, 5.74) is -0.758. The molecule has 2 N–H and O–H groups in total. The molecule has 0 amide bonds. The predicted octanol–water partition coefficient (Wildman–Crippen LogP) is 4.99. The highest BCUT2D eigenvalue weighted by Crippen LogP contribution is 2.45. The van der Waals surface area contributed by atoms with E-state index in [1.165, 1.54) is 19.4 Å². The second-order valence-electron chi connectivity index (χ2n) is 13.5. The third-order valence-corrected chi connectivity index (χ3v) is 10.2. The molecule has 2 fully saturated rings. The average Bonchev–Trinajstić information content (AvgIpc) is 3.56. The largest absolute Gasteiger partial charge is 0.497 e. The Labute approximate surface area is 323 Å². The van der Waals surface area contributed by atoms with E-state index >= 15 is 4.79 Å². The summed E-state index contributed by atoms with van der Waals surface area (Å²) in [5, 5.41) is 12.4. The van der Waals surface area contributed by atoms with E-state index in [1.807, 2.05) is 54.6 Å². The van der Waals surface area contributed by atoms with Crippen molar-refractivity contribution >= 4 is 5.78 Å². The fraction of sp³-hybridized carbons (Fsp3) is 0.326. The maximum absolute atomic E-state index is 15.1. The Morgan fingerprint density at radius 2 is 1.36 bits per heavy atom. The molecular formula is C43H44N2O11. The Hall–Kier alpha value is -5.57. The van der Waals surface area contributed by atoms with Crippen LogP contribution in [0.25, 0.3) is 0 Å². The molecule has 0 aliphatic carbocycles. The number of H-pyrrole nitrogens is 1. The van der Waals surface area contributed by atoms with Crippen molar-refractivity contribution in [3.63, 3.8) is 0 Å². The van der Waals surface area contributed by atoms with Gasteiger partial charge in [-0.25, -0.2) is 4.79 Å². The molecule has 0 bridgehead atoms. The summed E-state index contributed by atoms with van der Waals surface area (Å²) >= 11 is 0. The first-order valence-corrected chi connectivity index (χ1v) is 18.4. The molecule has 0 spiro atoms. The minimum absolute atomic E-state index is 0.246. The normalized spacial score (nSPS) is 21.6. The van der Waals surface area contributed by atoms with Crippen LogP contribution >= 0.6 is 0 Å². The number of aromatic amines is 1. The Morgan fingerprint density at radius 3 is 1.89 bits per heavy atom. The second kappa shape index (κ2) is 17.1. The lowest BCUT2D eigenvalue weighted by Gasteiger charge is -2.40. The van der Waals surface area contributed by atoms with E-state index in [1.54, 1.807) is 62.8 Å². The summed E-state index contributed by atoms with van der Waals surface area (Å²) in [6, 6.07) is 31.7. The number of nitrogens with zero attached hydrogens (tertiary/aromatic N) is 1. The zero-order valence-corrected chi connectivity index (χ0v) is 31.2. The molecule has 7 rings (SSSR count). The van der Waals surface area contributed by atoms with Crippen molar-refractivity contribution in [1.29, 1.82) is 0 Å². The third-order valence-electron chi connectivity index (χ3n) is 10.2. The number of benzene rings is 4. The molecular weight excluding hydrogens is 720 g/mol. The van der Waals surface area contributed by atoms with Gasteiger partial charge in [-0.15, -0.1) is 0 Å². The van der Waals surface area contributed by atoms with Gasteiger partial charge in [0.1, 0.15) is 41.2 Å². The lowest BCUT2D eigenvalue weighted by atomic mass is 9.79. The maximum Gasteiger partial charge on any atom is 0.330 e. The van der Waals surface area contributed by atoms with Crippen LogP contribution in [0.15, 0.2) is 125 Å². The minimum Gasteiger partial charge on any atom is -0.497 e. The Bertz CT molecular complexity index is 2130. The first-order chi connectivity index (χ1) is 27.2. The van der Waals surface area contributed by atoms with E-state index in [0.29, 0.717) is 47.0 Å². The van der Waals surface area contributed by atoms with Crippen molar-refractivity contribution in [2.75, 3.05) is 27.9 Å². The molecule has 6 atom stereocenters. The van der Waals surface area contributed by atoms with Gasteiger partial charge >= 0.3 is 5.69 Å². The molecule has 1 aromatic heterocycles. The first-order valence-electron chi connectivity index (χ1n) is 18.4. The highest BCUT2D eigenvalue weighted by molar-refractivity contribution is 6.00. The van der Waals surface area contributed by atoms with Gasteiger partial charge in [0.15, 0.2) is 24.4 Å². The highest BCUT2D eigenvalue weighted by Gasteiger charge is 2.55. The van der Waals surface area contributed by atoms with E-state index in [-0.39, 0.29) is 5.56 Å². The van der Waals surface area contributed by atoms with Gasteiger partial charge in [-0.1, -0.05) is 54.6 Å². The summed E-state index contributed by atoms with van der Waals surface area (Å²) in [7, 11) is 4.67. The number of ketones is 1. The van der Waals surface area contributed by atoms with Crippen LogP contribution in [-0.4, -0.2) is 79.1 Å². The number of nitrogens with one attached hydrogen (secondary N) is 1. The van der Waals surface area contributed by atoms with Crippen molar-refractivity contribution in [3.8, 4) is 17.2 Å². The van der Waals surface area contributed by atoms with Gasteiger partial charge in [-0.2, -0.15) is 0 Å². The Morgan fingerprint density at radius 1 is 0.786 bits per heavy atom. The van der Waals surface area contributed by atoms with Gasteiger partial charge in [0.25, 0.3) is 5.56 Å². The molecule has 13 heteroatoms. The van der Waals surface area contributed by atoms with Gasteiger partial charge in [0, 0.05) is 24.4 Å². The quantitative estimate of drug-likeness (QED) is 0.116. The number of methoxy groups -OCH3 is 3. The second-order valence-corrected chi connectivity index (χ2v) is 13.5. The van der Waals surface area contributed by atoms with Crippen molar-refractivity contribution in [2.24, 2.45) is 0 Å². The van der Waals surface area contributed by atoms with Crippen molar-refractivity contribution in [2.45, 2.75) is 61.8 Å². The smallest absolute Gasteiger partial charge is 0.330 e. The van der Waals surface area contributed by atoms with Crippen LogP contribution in [0.1, 0.15) is 52.5 Å². The molecule has 3 heterocycles. The zero-order valence-electron chi connectivity index (χ0n) is 31.2. The average molecular weight is 765 g/mol.